The molecule has 0 aromatic heterocycles. The van der Waals surface area contributed by atoms with Crippen LogP contribution in [0.2, 0.25) is 0 Å². The number of hydrogen-bond acceptors (Lipinski definition) is 5. The van der Waals surface area contributed by atoms with Crippen molar-refractivity contribution in [3.63, 3.8) is 0 Å². The Morgan fingerprint density at radius 3 is 2.10 bits per heavy atom. The Hall–Kier alpha value is -0.580. The van der Waals surface area contributed by atoms with Crippen LogP contribution >= 0.6 is 37.2 Å². The van der Waals surface area contributed by atoms with Crippen molar-refractivity contribution in [2.24, 2.45) is 0 Å². The van der Waals surface area contributed by atoms with Gasteiger partial charge in [0.15, 0.2) is 6.61 Å². The van der Waals surface area contributed by atoms with Crippen molar-refractivity contribution in [2.45, 2.75) is 13.8 Å². The maximum Gasteiger partial charge on any atom is 0.343 e. The van der Waals surface area contributed by atoms with Gasteiger partial charge in [-0.1, -0.05) is 26.0 Å². The van der Waals surface area contributed by atoms with Gasteiger partial charge < -0.3 is 14.2 Å². The van der Waals surface area contributed by atoms with Gasteiger partial charge in [-0.3, -0.25) is 0 Å². The molecule has 0 bridgehead atoms. The van der Waals surface area contributed by atoms with Gasteiger partial charge in [-0.25, -0.2) is 9.59 Å². The lowest BCUT2D eigenvalue weighted by molar-refractivity contribution is -0.142. The summed E-state index contributed by atoms with van der Waals surface area (Å²) in [5.74, 6) is -0.736. The number of halogens is 2. The minimum absolute atomic E-state index is 0.246. The minimum atomic E-state index is -0.514. The fourth-order valence-corrected chi connectivity index (χ4v) is 1.07. The predicted molar refractivity (Wildman–Crippen MR) is 94.7 cm³/mol. The van der Waals surface area contributed by atoms with Crippen LogP contribution in [0.1, 0.15) is 24.2 Å². The highest BCUT2D eigenvalue weighted by molar-refractivity contribution is 15.0. The summed E-state index contributed by atoms with van der Waals surface area (Å²) in [5.41, 5.74) is 0.272. The van der Waals surface area contributed by atoms with E-state index in [1.165, 1.54) is 14.2 Å². The zero-order valence-corrected chi connectivity index (χ0v) is 16.1. The van der Waals surface area contributed by atoms with Gasteiger partial charge in [-0.2, -0.15) is 0 Å². The molecule has 0 saturated heterocycles. The van der Waals surface area contributed by atoms with Crippen LogP contribution in [0.5, 0.6) is 5.75 Å². The summed E-state index contributed by atoms with van der Waals surface area (Å²) in [5, 5.41) is 0. The molecule has 7 heteroatoms. The number of methoxy groups -OCH3 is 2. The van der Waals surface area contributed by atoms with Crippen LogP contribution in [0.4, 0.5) is 0 Å². The van der Waals surface area contributed by atoms with Crippen LogP contribution in [0.15, 0.2) is 24.3 Å². The van der Waals surface area contributed by atoms with E-state index in [4.69, 9.17) is 4.74 Å². The largest absolute Gasteiger partial charge is 0.481 e. The highest BCUT2D eigenvalue weighted by Crippen LogP contribution is 2.18. The van der Waals surface area contributed by atoms with Crippen molar-refractivity contribution in [1.29, 1.82) is 0 Å². The average Bonchev–Trinajstić information content (AvgIpc) is 2.55. The first-order chi connectivity index (χ1) is 9.69. The topological polar surface area (TPSA) is 61.8 Å². The standard InChI is InChI=1S/C11H12O5.C2H6.I2/c1-14-10(12)7-16-9-6-4-3-5-8(9)11(13)15-2;2*1-2/h3-6H,7H2,1-2H3;1-2H3;. The van der Waals surface area contributed by atoms with E-state index < -0.39 is 11.9 Å². The summed E-state index contributed by atoms with van der Waals surface area (Å²) >= 11 is 4.24. The molecule has 0 amide bonds. The second-order valence-electron chi connectivity index (χ2n) is 2.85. The molecule has 0 spiro atoms. The quantitative estimate of drug-likeness (QED) is 0.458. The molecule has 0 radical (unpaired) electrons. The molecule has 5 nitrogen and oxygen atoms in total. The molecule has 0 fully saturated rings. The summed E-state index contributed by atoms with van der Waals surface area (Å²) in [7, 11) is 2.54. The molecule has 0 aliphatic rings. The van der Waals surface area contributed by atoms with Crippen LogP contribution in [0, 0.1) is 0 Å². The molecule has 1 rings (SSSR count). The molecule has 0 aliphatic carbocycles. The molecule has 0 unspecified atom stereocenters. The van der Waals surface area contributed by atoms with Crippen LogP contribution in [-0.4, -0.2) is 32.8 Å². The summed E-state index contributed by atoms with van der Waals surface area (Å²) in [6.07, 6.45) is 0. The van der Waals surface area contributed by atoms with Crippen molar-refractivity contribution < 1.29 is 23.8 Å². The lowest BCUT2D eigenvalue weighted by atomic mass is 10.2. The van der Waals surface area contributed by atoms with Gasteiger partial charge in [0.05, 0.1) is 14.2 Å². The molecular weight excluding hydrogens is 490 g/mol. The smallest absolute Gasteiger partial charge is 0.343 e. The first-order valence-corrected chi connectivity index (χ1v) is 12.0. The molecule has 1 aromatic rings. The Morgan fingerprint density at radius 2 is 1.60 bits per heavy atom. The number of rotatable bonds is 4. The molecule has 114 valence electrons. The third kappa shape index (κ3) is 8.56. The van der Waals surface area contributed by atoms with Crippen LogP contribution in [-0.2, 0) is 14.3 Å². The Labute approximate surface area is 142 Å². The van der Waals surface area contributed by atoms with Gasteiger partial charge in [-0.05, 0) is 12.1 Å². The lowest BCUT2D eigenvalue weighted by Crippen LogP contribution is -2.14. The van der Waals surface area contributed by atoms with Gasteiger partial charge in [0.1, 0.15) is 11.3 Å². The van der Waals surface area contributed by atoms with Gasteiger partial charge >= 0.3 is 11.9 Å². The van der Waals surface area contributed by atoms with Crippen molar-refractivity contribution in [3.05, 3.63) is 29.8 Å². The molecule has 0 heterocycles. The monoisotopic (exact) mass is 508 g/mol. The van der Waals surface area contributed by atoms with Crippen LogP contribution in [0.3, 0.4) is 0 Å². The third-order valence-electron chi connectivity index (χ3n) is 1.87. The van der Waals surface area contributed by atoms with Gasteiger partial charge in [0, 0.05) is 37.2 Å². The summed E-state index contributed by atoms with van der Waals surface area (Å²) in [6, 6.07) is 6.50. The highest BCUT2D eigenvalue weighted by atomic mass is 128. The number of ether oxygens (including phenoxy) is 3. The fourth-order valence-electron chi connectivity index (χ4n) is 1.07. The molecular formula is C13H18I2O5. The normalized spacial score (nSPS) is 8.10. The number of para-hydroxylation sites is 1. The molecule has 0 atom stereocenters. The molecule has 20 heavy (non-hydrogen) atoms. The average molecular weight is 508 g/mol. The summed E-state index contributed by atoms with van der Waals surface area (Å²) < 4.78 is 14.1. The number of benzene rings is 1. The first kappa shape index (κ1) is 21.7. The van der Waals surface area contributed by atoms with Crippen molar-refractivity contribution in [2.75, 3.05) is 20.8 Å². The van der Waals surface area contributed by atoms with E-state index in [1.807, 2.05) is 13.8 Å². The van der Waals surface area contributed by atoms with Crippen LogP contribution < -0.4 is 4.74 Å². The van der Waals surface area contributed by atoms with Crippen LogP contribution in [0.25, 0.3) is 0 Å². The van der Waals surface area contributed by atoms with Gasteiger partial charge in [0.2, 0.25) is 0 Å². The highest BCUT2D eigenvalue weighted by Gasteiger charge is 2.13. The van der Waals surface area contributed by atoms with E-state index in [0.29, 0.717) is 5.75 Å². The van der Waals surface area contributed by atoms with Gasteiger partial charge in [-0.15, -0.1) is 0 Å². The van der Waals surface area contributed by atoms with Crippen molar-refractivity contribution in [3.8, 4) is 5.75 Å². The number of carbonyl (C=O) groups excluding carboxylic acids is 2. The van der Waals surface area contributed by atoms with Crippen molar-refractivity contribution in [1.82, 2.24) is 0 Å². The van der Waals surface area contributed by atoms with E-state index in [2.05, 4.69) is 46.7 Å². The second-order valence-corrected chi connectivity index (χ2v) is 2.85. The zero-order valence-electron chi connectivity index (χ0n) is 11.8. The maximum absolute atomic E-state index is 11.3. The lowest BCUT2D eigenvalue weighted by Gasteiger charge is -2.08. The third-order valence-corrected chi connectivity index (χ3v) is 1.87. The molecule has 0 saturated carbocycles. The fraction of sp³-hybridized carbons (Fsp3) is 0.385. The van der Waals surface area contributed by atoms with E-state index >= 15 is 0 Å². The van der Waals surface area contributed by atoms with Crippen molar-refractivity contribution >= 4 is 49.2 Å². The van der Waals surface area contributed by atoms with Gasteiger partial charge in [0.25, 0.3) is 0 Å². The molecule has 1 aromatic carbocycles. The SMILES string of the molecule is CC.COC(=O)COc1ccccc1C(=O)OC.II. The Balaban J connectivity index is 0. The Morgan fingerprint density at radius 1 is 1.05 bits per heavy atom. The Bertz CT molecular complexity index is 396. The number of carbonyl (C=O) groups is 2. The first-order valence-electron chi connectivity index (χ1n) is 5.70. The molecule has 0 aliphatic heterocycles. The maximum atomic E-state index is 11.3. The predicted octanol–water partition coefficient (Wildman–Crippen LogP) is 3.82. The number of hydrogen-bond donors (Lipinski definition) is 0. The van der Waals surface area contributed by atoms with E-state index in [0.717, 1.165) is 0 Å². The van der Waals surface area contributed by atoms with E-state index in [9.17, 15) is 9.59 Å². The molecule has 0 N–H and O–H groups in total. The van der Waals surface area contributed by atoms with E-state index in [1.54, 1.807) is 24.3 Å². The second kappa shape index (κ2) is 14.8. The van der Waals surface area contributed by atoms with E-state index in [-0.39, 0.29) is 12.2 Å². The Kier molecular flexibility index (Phi) is 16.1. The summed E-state index contributed by atoms with van der Waals surface area (Å²) in [4.78, 5) is 22.2. The minimum Gasteiger partial charge on any atom is -0.481 e. The number of esters is 2. The zero-order chi connectivity index (χ0) is 16.0. The summed E-state index contributed by atoms with van der Waals surface area (Å²) in [6.45, 7) is 3.75.